The van der Waals surface area contributed by atoms with E-state index in [0.717, 1.165) is 24.1 Å². The molecule has 0 heterocycles. The van der Waals surface area contributed by atoms with E-state index in [-0.39, 0.29) is 0 Å². The summed E-state index contributed by atoms with van der Waals surface area (Å²) in [7, 11) is 3.91. The molecule has 0 unspecified atom stereocenters. The van der Waals surface area contributed by atoms with E-state index in [0.29, 0.717) is 6.04 Å². The maximum atomic E-state index is 5.39. The molecule has 0 atom stereocenters. The molecule has 16 heavy (non-hydrogen) atoms. The second-order valence-electron chi connectivity index (χ2n) is 4.77. The molecular weight excluding hydrogens is 218 g/mol. The average molecular weight is 243 g/mol. The Morgan fingerprint density at radius 2 is 1.88 bits per heavy atom. The Morgan fingerprint density at radius 1 is 1.25 bits per heavy atom. The molecule has 0 aromatic rings. The average Bonchev–Trinajstić information content (AvgIpc) is 2.31. The first-order valence-electron chi connectivity index (χ1n) is 6.32. The molecule has 1 aliphatic rings. The number of thiocarbonyl (C=S) groups is 1. The van der Waals surface area contributed by atoms with Crippen LogP contribution in [0.2, 0.25) is 0 Å². The molecule has 0 aliphatic heterocycles. The van der Waals surface area contributed by atoms with Crippen molar-refractivity contribution in [1.29, 1.82) is 0 Å². The fourth-order valence-corrected chi connectivity index (χ4v) is 2.62. The number of nitrogens with one attached hydrogen (secondary N) is 2. The summed E-state index contributed by atoms with van der Waals surface area (Å²) in [5.74, 6) is 0.894. The quantitative estimate of drug-likeness (QED) is 0.733. The molecule has 0 bridgehead atoms. The summed E-state index contributed by atoms with van der Waals surface area (Å²) in [5, 5.41) is 7.21. The molecule has 94 valence electrons. The lowest BCUT2D eigenvalue weighted by Crippen LogP contribution is -2.48. The number of rotatable bonds is 4. The second-order valence-corrected chi connectivity index (χ2v) is 5.15. The third kappa shape index (κ3) is 3.91. The van der Waals surface area contributed by atoms with Crippen LogP contribution in [0, 0.1) is 5.92 Å². The van der Waals surface area contributed by atoms with Crippen LogP contribution in [0.4, 0.5) is 0 Å². The predicted molar refractivity (Wildman–Crippen MR) is 73.7 cm³/mol. The second kappa shape index (κ2) is 7.07. The van der Waals surface area contributed by atoms with Gasteiger partial charge in [0.1, 0.15) is 0 Å². The molecule has 3 nitrogen and oxygen atoms in total. The molecule has 4 heteroatoms. The van der Waals surface area contributed by atoms with Crippen LogP contribution in [-0.4, -0.2) is 43.2 Å². The molecule has 0 amide bonds. The van der Waals surface area contributed by atoms with Gasteiger partial charge in [0, 0.05) is 26.2 Å². The van der Waals surface area contributed by atoms with Crippen LogP contribution in [0.5, 0.6) is 0 Å². The van der Waals surface area contributed by atoms with E-state index in [1.807, 2.05) is 14.1 Å². The Kier molecular flexibility index (Phi) is 6.06. The monoisotopic (exact) mass is 243 g/mol. The summed E-state index contributed by atoms with van der Waals surface area (Å²) in [6.07, 6.45) is 5.25. The minimum absolute atomic E-state index is 0.643. The standard InChI is InChI=1S/C12H25N3S/c1-10-4-6-11(7-5-10)15(9-8-13-2)12(16)14-3/h10-11,13H,4-9H2,1-3H3,(H,14,16). The van der Waals surface area contributed by atoms with Gasteiger partial charge >= 0.3 is 0 Å². The van der Waals surface area contributed by atoms with Gasteiger partial charge in [-0.25, -0.2) is 0 Å². The Hall–Kier alpha value is -0.350. The maximum absolute atomic E-state index is 5.39. The molecule has 1 rings (SSSR count). The van der Waals surface area contributed by atoms with Gasteiger partial charge in [-0.2, -0.15) is 0 Å². The van der Waals surface area contributed by atoms with Gasteiger partial charge < -0.3 is 15.5 Å². The van der Waals surface area contributed by atoms with Crippen molar-refractivity contribution >= 4 is 17.3 Å². The van der Waals surface area contributed by atoms with Crippen molar-refractivity contribution < 1.29 is 0 Å². The van der Waals surface area contributed by atoms with Crippen LogP contribution >= 0.6 is 12.2 Å². The summed E-state index contributed by atoms with van der Waals surface area (Å²) in [6, 6.07) is 0.643. The van der Waals surface area contributed by atoms with Gasteiger partial charge in [0.2, 0.25) is 0 Å². The molecule has 0 aromatic carbocycles. The molecule has 1 fully saturated rings. The lowest BCUT2D eigenvalue weighted by molar-refractivity contribution is 0.213. The number of likely N-dealkylation sites (N-methyl/N-ethyl adjacent to an activating group) is 1. The molecule has 2 N–H and O–H groups in total. The normalized spacial score (nSPS) is 25.2. The summed E-state index contributed by atoms with van der Waals surface area (Å²) >= 11 is 5.39. The van der Waals surface area contributed by atoms with Gasteiger partial charge in [-0.05, 0) is 50.9 Å². The van der Waals surface area contributed by atoms with E-state index in [4.69, 9.17) is 12.2 Å². The highest BCUT2D eigenvalue weighted by atomic mass is 32.1. The zero-order valence-corrected chi connectivity index (χ0v) is 11.6. The lowest BCUT2D eigenvalue weighted by Gasteiger charge is -2.37. The van der Waals surface area contributed by atoms with Crippen molar-refractivity contribution in [3.8, 4) is 0 Å². The van der Waals surface area contributed by atoms with Crippen molar-refractivity contribution in [2.75, 3.05) is 27.2 Å². The van der Waals surface area contributed by atoms with E-state index in [2.05, 4.69) is 22.5 Å². The van der Waals surface area contributed by atoms with Crippen LogP contribution in [0.15, 0.2) is 0 Å². The highest BCUT2D eigenvalue weighted by molar-refractivity contribution is 7.80. The first kappa shape index (κ1) is 13.7. The molecule has 0 spiro atoms. The highest BCUT2D eigenvalue weighted by Crippen LogP contribution is 2.26. The van der Waals surface area contributed by atoms with Gasteiger partial charge in [-0.3, -0.25) is 0 Å². The lowest BCUT2D eigenvalue weighted by atomic mass is 9.86. The first-order chi connectivity index (χ1) is 7.69. The topological polar surface area (TPSA) is 27.3 Å². The van der Waals surface area contributed by atoms with Crippen molar-refractivity contribution in [2.45, 2.75) is 38.6 Å². The van der Waals surface area contributed by atoms with Gasteiger partial charge in [-0.15, -0.1) is 0 Å². The summed E-state index contributed by atoms with van der Waals surface area (Å²) in [5.41, 5.74) is 0. The first-order valence-corrected chi connectivity index (χ1v) is 6.72. The molecule has 0 radical (unpaired) electrons. The summed E-state index contributed by atoms with van der Waals surface area (Å²) in [4.78, 5) is 2.36. The number of nitrogens with zero attached hydrogens (tertiary/aromatic N) is 1. The van der Waals surface area contributed by atoms with Crippen molar-refractivity contribution in [3.05, 3.63) is 0 Å². The SMILES string of the molecule is CNCCN(C(=S)NC)C1CCC(C)CC1. The zero-order valence-electron chi connectivity index (χ0n) is 10.8. The van der Waals surface area contributed by atoms with E-state index in [9.17, 15) is 0 Å². The highest BCUT2D eigenvalue weighted by Gasteiger charge is 2.24. The maximum Gasteiger partial charge on any atom is 0.168 e. The van der Waals surface area contributed by atoms with E-state index < -0.39 is 0 Å². The fraction of sp³-hybridized carbons (Fsp3) is 0.917. The minimum atomic E-state index is 0.643. The smallest absolute Gasteiger partial charge is 0.168 e. The van der Waals surface area contributed by atoms with E-state index >= 15 is 0 Å². The summed E-state index contributed by atoms with van der Waals surface area (Å²) < 4.78 is 0. The molecule has 0 saturated heterocycles. The number of hydrogen-bond donors (Lipinski definition) is 2. The van der Waals surface area contributed by atoms with Crippen molar-refractivity contribution in [1.82, 2.24) is 15.5 Å². The van der Waals surface area contributed by atoms with Gasteiger partial charge in [0.25, 0.3) is 0 Å². The number of hydrogen-bond acceptors (Lipinski definition) is 2. The van der Waals surface area contributed by atoms with Crippen LogP contribution in [0.25, 0.3) is 0 Å². The molecule has 1 aliphatic carbocycles. The Morgan fingerprint density at radius 3 is 2.38 bits per heavy atom. The fourth-order valence-electron chi connectivity index (χ4n) is 2.38. The van der Waals surface area contributed by atoms with E-state index in [1.54, 1.807) is 0 Å². The Bertz CT molecular complexity index is 212. The van der Waals surface area contributed by atoms with Crippen LogP contribution < -0.4 is 10.6 Å². The predicted octanol–water partition coefficient (Wildman–Crippen LogP) is 1.59. The van der Waals surface area contributed by atoms with E-state index in [1.165, 1.54) is 25.7 Å². The largest absolute Gasteiger partial charge is 0.366 e. The van der Waals surface area contributed by atoms with Crippen LogP contribution in [-0.2, 0) is 0 Å². The molecule has 0 aromatic heterocycles. The van der Waals surface area contributed by atoms with Crippen LogP contribution in [0.3, 0.4) is 0 Å². The van der Waals surface area contributed by atoms with Crippen molar-refractivity contribution in [3.63, 3.8) is 0 Å². The Labute approximate surface area is 105 Å². The molecular formula is C12H25N3S. The van der Waals surface area contributed by atoms with Crippen molar-refractivity contribution in [2.24, 2.45) is 5.92 Å². The van der Waals surface area contributed by atoms with Gasteiger partial charge in [0.15, 0.2) is 5.11 Å². The minimum Gasteiger partial charge on any atom is -0.366 e. The third-order valence-electron chi connectivity index (χ3n) is 3.50. The summed E-state index contributed by atoms with van der Waals surface area (Å²) in [6.45, 7) is 4.35. The molecule has 1 saturated carbocycles. The van der Waals surface area contributed by atoms with Gasteiger partial charge in [-0.1, -0.05) is 6.92 Å². The van der Waals surface area contributed by atoms with Crippen LogP contribution in [0.1, 0.15) is 32.6 Å². The third-order valence-corrected chi connectivity index (χ3v) is 3.94. The zero-order chi connectivity index (χ0) is 12.0. The Balaban J connectivity index is 2.50. The van der Waals surface area contributed by atoms with Gasteiger partial charge in [0.05, 0.1) is 0 Å².